The van der Waals surface area contributed by atoms with Gasteiger partial charge in [-0.05, 0) is 22.9 Å². The summed E-state index contributed by atoms with van der Waals surface area (Å²) in [4.78, 5) is 32.1. The van der Waals surface area contributed by atoms with Gasteiger partial charge in [0.2, 0.25) is 11.8 Å². The summed E-state index contributed by atoms with van der Waals surface area (Å²) in [6.45, 7) is 0. The molecule has 0 N–H and O–H groups in total. The third kappa shape index (κ3) is 3.79. The Morgan fingerprint density at radius 1 is 0.889 bits per heavy atom. The quantitative estimate of drug-likeness (QED) is 0.372. The van der Waals surface area contributed by atoms with Crippen molar-refractivity contribution < 1.29 is 28.5 Å². The van der Waals surface area contributed by atoms with Crippen LogP contribution in [-0.2, 0) is 9.53 Å². The van der Waals surface area contributed by atoms with E-state index >= 15 is 0 Å². The van der Waals surface area contributed by atoms with Crippen LogP contribution in [0.25, 0.3) is 10.8 Å². The minimum atomic E-state index is -0.935. The number of esters is 1. The molecule has 1 aromatic heterocycles. The summed E-state index contributed by atoms with van der Waals surface area (Å²) in [5.74, 6) is -0.740. The molecule has 1 heterocycles. The number of fused-ring (bicyclic) bond motifs is 1. The summed E-state index contributed by atoms with van der Waals surface area (Å²) in [6.07, 6.45) is 0. The SMILES string of the molecule is COC(=O)C(=O)c1cccc2ccc(Oc3nc(OC)cc(OC)n3)cc12. The van der Waals surface area contributed by atoms with Crippen LogP contribution in [0.3, 0.4) is 0 Å². The van der Waals surface area contributed by atoms with Gasteiger partial charge in [-0.25, -0.2) is 4.79 Å². The molecule has 0 aliphatic rings. The lowest BCUT2D eigenvalue weighted by molar-refractivity contribution is -0.135. The number of nitrogens with zero attached hydrogens (tertiary/aromatic N) is 2. The van der Waals surface area contributed by atoms with Gasteiger partial charge >= 0.3 is 12.0 Å². The standard InChI is InChI=1S/C19H16N2O6/c1-24-15-10-16(25-2)21-19(20-15)27-12-8-7-11-5-4-6-13(14(11)9-12)17(22)18(23)26-3/h4-10H,1-3H3. The molecular formula is C19H16N2O6. The van der Waals surface area contributed by atoms with Crippen molar-refractivity contribution in [3.63, 3.8) is 0 Å². The van der Waals surface area contributed by atoms with E-state index in [1.54, 1.807) is 30.3 Å². The maximum Gasteiger partial charge on any atom is 0.379 e. The number of Topliss-reactive ketones (excluding diaryl/α,β-unsaturated/α-hetero) is 1. The molecule has 2 aromatic carbocycles. The molecule has 0 atom stereocenters. The molecule has 8 nitrogen and oxygen atoms in total. The normalized spacial score (nSPS) is 10.3. The van der Waals surface area contributed by atoms with Crippen molar-refractivity contribution in [3.05, 3.63) is 48.0 Å². The van der Waals surface area contributed by atoms with Crippen LogP contribution in [0.2, 0.25) is 0 Å². The summed E-state index contributed by atoms with van der Waals surface area (Å²) in [7, 11) is 4.09. The van der Waals surface area contributed by atoms with E-state index in [1.165, 1.54) is 20.3 Å². The van der Waals surface area contributed by atoms with Gasteiger partial charge in [0.1, 0.15) is 5.75 Å². The summed E-state index contributed by atoms with van der Waals surface area (Å²) >= 11 is 0. The fourth-order valence-corrected chi connectivity index (χ4v) is 2.46. The van der Waals surface area contributed by atoms with Gasteiger partial charge in [0.25, 0.3) is 5.78 Å². The average Bonchev–Trinajstić information content (AvgIpc) is 2.71. The van der Waals surface area contributed by atoms with E-state index in [0.29, 0.717) is 11.1 Å². The topological polar surface area (TPSA) is 96.8 Å². The first-order valence-corrected chi connectivity index (χ1v) is 7.86. The first kappa shape index (κ1) is 18.1. The van der Waals surface area contributed by atoms with Crippen molar-refractivity contribution in [3.8, 4) is 23.5 Å². The minimum absolute atomic E-state index is 0.0160. The van der Waals surface area contributed by atoms with Gasteiger partial charge < -0.3 is 18.9 Å². The van der Waals surface area contributed by atoms with Gasteiger partial charge in [-0.1, -0.05) is 24.3 Å². The van der Waals surface area contributed by atoms with E-state index in [-0.39, 0.29) is 23.3 Å². The Bertz CT molecular complexity index is 996. The van der Waals surface area contributed by atoms with Crippen LogP contribution in [0, 0.1) is 0 Å². The number of rotatable bonds is 6. The lowest BCUT2D eigenvalue weighted by atomic mass is 10.0. The number of carbonyl (C=O) groups is 2. The fourth-order valence-electron chi connectivity index (χ4n) is 2.46. The summed E-state index contributed by atoms with van der Waals surface area (Å²) in [5.41, 5.74) is 0.217. The number of ether oxygens (including phenoxy) is 4. The molecule has 0 radical (unpaired) electrons. The lowest BCUT2D eigenvalue weighted by Crippen LogP contribution is -2.15. The highest BCUT2D eigenvalue weighted by molar-refractivity contribution is 6.42. The minimum Gasteiger partial charge on any atom is -0.481 e. The van der Waals surface area contributed by atoms with Crippen LogP contribution in [0.4, 0.5) is 0 Å². The smallest absolute Gasteiger partial charge is 0.379 e. The molecule has 0 aliphatic carbocycles. The number of aromatic nitrogens is 2. The van der Waals surface area contributed by atoms with Crippen molar-refractivity contribution in [2.24, 2.45) is 0 Å². The molecule has 138 valence electrons. The molecule has 0 saturated carbocycles. The zero-order valence-electron chi connectivity index (χ0n) is 14.9. The van der Waals surface area contributed by atoms with Gasteiger partial charge in [-0.2, -0.15) is 9.97 Å². The first-order chi connectivity index (χ1) is 13.0. The number of carbonyl (C=O) groups excluding carboxylic acids is 2. The van der Waals surface area contributed by atoms with Crippen molar-refractivity contribution in [2.75, 3.05) is 21.3 Å². The molecule has 0 unspecified atom stereocenters. The predicted molar refractivity (Wildman–Crippen MR) is 95.5 cm³/mol. The van der Waals surface area contributed by atoms with E-state index in [1.807, 2.05) is 6.07 Å². The van der Waals surface area contributed by atoms with Crippen molar-refractivity contribution in [1.29, 1.82) is 0 Å². The van der Waals surface area contributed by atoms with Gasteiger partial charge in [-0.15, -0.1) is 0 Å². The Morgan fingerprint density at radius 2 is 1.59 bits per heavy atom. The number of hydrogen-bond acceptors (Lipinski definition) is 8. The molecule has 0 fully saturated rings. The van der Waals surface area contributed by atoms with Crippen LogP contribution in [0.5, 0.6) is 23.5 Å². The Kier molecular flexibility index (Phi) is 5.16. The fraction of sp³-hybridized carbons (Fsp3) is 0.158. The second-order valence-electron chi connectivity index (χ2n) is 5.35. The molecule has 8 heteroatoms. The average molecular weight is 368 g/mol. The van der Waals surface area contributed by atoms with Crippen molar-refractivity contribution in [1.82, 2.24) is 9.97 Å². The lowest BCUT2D eigenvalue weighted by Gasteiger charge is -2.09. The third-order valence-electron chi connectivity index (χ3n) is 3.76. The first-order valence-electron chi connectivity index (χ1n) is 7.86. The van der Waals surface area contributed by atoms with E-state index < -0.39 is 11.8 Å². The van der Waals surface area contributed by atoms with Gasteiger partial charge in [0, 0.05) is 5.56 Å². The number of ketones is 1. The van der Waals surface area contributed by atoms with Gasteiger partial charge in [-0.3, -0.25) is 4.79 Å². The Balaban J connectivity index is 2.02. The second kappa shape index (κ2) is 7.69. The molecule has 3 aromatic rings. The summed E-state index contributed by atoms with van der Waals surface area (Å²) in [6, 6.07) is 11.7. The van der Waals surface area contributed by atoms with Gasteiger partial charge in [0.05, 0.1) is 27.4 Å². The number of hydrogen-bond donors (Lipinski definition) is 0. The van der Waals surface area contributed by atoms with Crippen LogP contribution >= 0.6 is 0 Å². The molecule has 3 rings (SSSR count). The zero-order valence-corrected chi connectivity index (χ0v) is 14.9. The zero-order chi connectivity index (χ0) is 19.4. The van der Waals surface area contributed by atoms with Crippen LogP contribution in [0.15, 0.2) is 42.5 Å². The Hall–Kier alpha value is -3.68. The highest BCUT2D eigenvalue weighted by Gasteiger charge is 2.19. The van der Waals surface area contributed by atoms with E-state index in [9.17, 15) is 9.59 Å². The van der Waals surface area contributed by atoms with Crippen LogP contribution < -0.4 is 14.2 Å². The summed E-state index contributed by atoms with van der Waals surface area (Å²) < 4.78 is 20.4. The Morgan fingerprint density at radius 3 is 2.22 bits per heavy atom. The van der Waals surface area contributed by atoms with Crippen molar-refractivity contribution >= 4 is 22.5 Å². The summed E-state index contributed by atoms with van der Waals surface area (Å²) in [5, 5.41) is 1.31. The molecule has 0 amide bonds. The Labute approximate surface area is 154 Å². The molecule has 0 aliphatic heterocycles. The number of methoxy groups -OCH3 is 3. The van der Waals surface area contributed by atoms with Gasteiger partial charge in [0.15, 0.2) is 0 Å². The largest absolute Gasteiger partial charge is 0.481 e. The maximum absolute atomic E-state index is 12.3. The maximum atomic E-state index is 12.3. The molecule has 0 bridgehead atoms. The van der Waals surface area contributed by atoms with Crippen LogP contribution in [-0.4, -0.2) is 43.0 Å². The molecular weight excluding hydrogens is 352 g/mol. The molecule has 27 heavy (non-hydrogen) atoms. The van der Waals surface area contributed by atoms with E-state index in [2.05, 4.69) is 14.7 Å². The van der Waals surface area contributed by atoms with Crippen LogP contribution in [0.1, 0.15) is 10.4 Å². The second-order valence-corrected chi connectivity index (χ2v) is 5.35. The third-order valence-corrected chi connectivity index (χ3v) is 3.76. The number of benzene rings is 2. The molecule has 0 saturated heterocycles. The van der Waals surface area contributed by atoms with Crippen molar-refractivity contribution in [2.45, 2.75) is 0 Å². The monoisotopic (exact) mass is 368 g/mol. The molecule has 0 spiro atoms. The highest BCUT2D eigenvalue weighted by Crippen LogP contribution is 2.28. The van der Waals surface area contributed by atoms with E-state index in [0.717, 1.165) is 12.5 Å². The van der Waals surface area contributed by atoms with E-state index in [4.69, 9.17) is 14.2 Å². The predicted octanol–water partition coefficient (Wildman–Crippen LogP) is 2.80. The highest BCUT2D eigenvalue weighted by atomic mass is 16.5.